The van der Waals surface area contributed by atoms with E-state index in [1.54, 1.807) is 4.52 Å². The number of hydrogen-bond donors (Lipinski definition) is 3. The Morgan fingerprint density at radius 2 is 1.94 bits per heavy atom. The van der Waals surface area contributed by atoms with E-state index in [0.29, 0.717) is 13.0 Å². The molecule has 1 saturated carbocycles. The third kappa shape index (κ3) is 5.93. The molecule has 0 aliphatic heterocycles. The van der Waals surface area contributed by atoms with Crippen molar-refractivity contribution in [3.05, 3.63) is 47.3 Å². The average Bonchev–Trinajstić information content (AvgIpc) is 3.58. The van der Waals surface area contributed by atoms with Gasteiger partial charge in [0.1, 0.15) is 0 Å². The number of thiophene rings is 1. The molecule has 0 radical (unpaired) electrons. The number of rotatable bonds is 5. The number of aromatic nitrogens is 5. The summed E-state index contributed by atoms with van der Waals surface area (Å²) in [5.74, 6) is -5.65. The second-order valence-electron chi connectivity index (χ2n) is 8.84. The van der Waals surface area contributed by atoms with E-state index in [1.165, 1.54) is 30.6 Å². The summed E-state index contributed by atoms with van der Waals surface area (Å²) in [5.41, 5.74) is 4.74. The highest BCUT2D eigenvalue weighted by molar-refractivity contribution is 7.12. The number of hydrogen-bond acceptors (Lipinski definition) is 5. The van der Waals surface area contributed by atoms with E-state index in [0.717, 1.165) is 45.6 Å². The van der Waals surface area contributed by atoms with Crippen molar-refractivity contribution >= 4 is 28.9 Å². The first-order chi connectivity index (χ1) is 17.1. The SMILES string of the molecule is CC(F)(F)C(=O)O.C[n+]1cc(-c2cnc3c(-c4csc(C(=O)NC5CCCCC5)c4)cnn3c2)c[nH]1. The number of H-pyrrole nitrogens is 1. The fraction of sp³-hybridized carbons (Fsp3) is 0.375. The Balaban J connectivity index is 0.000000384. The molecule has 190 valence electrons. The predicted octanol–water partition coefficient (Wildman–Crippen LogP) is 4.07. The van der Waals surface area contributed by atoms with Gasteiger partial charge in [0, 0.05) is 36.5 Å². The number of alkyl halides is 2. The number of nitrogens with one attached hydrogen (secondary N) is 2. The van der Waals surface area contributed by atoms with E-state index in [4.69, 9.17) is 5.11 Å². The first kappa shape index (κ1) is 25.4. The Bertz CT molecular complexity index is 1370. The average molecular weight is 518 g/mol. The van der Waals surface area contributed by atoms with Gasteiger partial charge in [-0.05, 0) is 29.9 Å². The van der Waals surface area contributed by atoms with Gasteiger partial charge in [-0.1, -0.05) is 19.3 Å². The third-order valence-corrected chi connectivity index (χ3v) is 6.83. The van der Waals surface area contributed by atoms with Gasteiger partial charge in [-0.15, -0.1) is 16.0 Å². The summed E-state index contributed by atoms with van der Waals surface area (Å²) in [4.78, 5) is 27.3. The van der Waals surface area contributed by atoms with Crippen LogP contribution in [0.4, 0.5) is 8.78 Å². The van der Waals surface area contributed by atoms with Crippen LogP contribution in [-0.2, 0) is 11.8 Å². The fourth-order valence-electron chi connectivity index (χ4n) is 3.94. The number of fused-ring (bicyclic) bond motifs is 1. The van der Waals surface area contributed by atoms with Crippen molar-refractivity contribution in [1.29, 1.82) is 0 Å². The molecule has 0 spiro atoms. The number of carbonyl (C=O) groups excluding carboxylic acids is 1. The van der Waals surface area contributed by atoms with E-state index >= 15 is 0 Å². The number of halogens is 2. The maximum absolute atomic E-state index is 12.6. The number of aliphatic carboxylic acids is 1. The molecule has 1 aliphatic carbocycles. The molecule has 4 aromatic heterocycles. The van der Waals surface area contributed by atoms with Crippen molar-refractivity contribution in [2.75, 3.05) is 0 Å². The Morgan fingerprint density at radius 3 is 2.58 bits per heavy atom. The van der Waals surface area contributed by atoms with Gasteiger partial charge >= 0.3 is 11.9 Å². The standard InChI is InChI=1S/C21H22N6OS.C3H4F2O2/c1-26-11-16(9-23-26)15-8-22-20-18(10-24-27(20)12-15)14-7-19(29-13-14)21(28)25-17-5-3-2-4-6-17;1-3(4,5)2(6)7/h7-13,17H,2-6H2,1H3,(H,25,28);1H3,(H,6,7)/p+1. The number of aryl methyl sites for hydroxylation is 1. The molecule has 5 rings (SSSR count). The number of nitrogens with zero attached hydrogens (tertiary/aromatic N) is 4. The Labute approximate surface area is 209 Å². The molecular weight excluding hydrogens is 490 g/mol. The van der Waals surface area contributed by atoms with Gasteiger partial charge in [0.05, 0.1) is 22.8 Å². The lowest BCUT2D eigenvalue weighted by Gasteiger charge is -2.22. The lowest BCUT2D eigenvalue weighted by Crippen LogP contribution is -2.35. The second-order valence-corrected chi connectivity index (χ2v) is 9.75. The van der Waals surface area contributed by atoms with E-state index in [9.17, 15) is 18.4 Å². The van der Waals surface area contributed by atoms with Crippen molar-refractivity contribution < 1.29 is 28.2 Å². The second kappa shape index (κ2) is 10.5. The van der Waals surface area contributed by atoms with Gasteiger partial charge in [0.2, 0.25) is 6.20 Å². The lowest BCUT2D eigenvalue weighted by atomic mass is 9.95. The van der Waals surface area contributed by atoms with Crippen LogP contribution in [0.2, 0.25) is 0 Å². The zero-order valence-corrected chi connectivity index (χ0v) is 20.7. The minimum Gasteiger partial charge on any atom is -0.477 e. The monoisotopic (exact) mass is 517 g/mol. The number of amides is 1. The molecule has 0 atom stereocenters. The molecule has 36 heavy (non-hydrogen) atoms. The van der Waals surface area contributed by atoms with Gasteiger partial charge in [0.25, 0.3) is 5.91 Å². The van der Waals surface area contributed by atoms with Crippen LogP contribution < -0.4 is 10.00 Å². The summed E-state index contributed by atoms with van der Waals surface area (Å²) in [6, 6.07) is 2.26. The normalized spacial score (nSPS) is 14.3. The quantitative estimate of drug-likeness (QED) is 0.345. The highest BCUT2D eigenvalue weighted by Crippen LogP contribution is 2.29. The van der Waals surface area contributed by atoms with Crippen LogP contribution in [0.15, 0.2) is 42.4 Å². The summed E-state index contributed by atoms with van der Waals surface area (Å²) >= 11 is 1.47. The van der Waals surface area contributed by atoms with Crippen molar-refractivity contribution in [1.82, 2.24) is 25.0 Å². The van der Waals surface area contributed by atoms with Crippen LogP contribution in [0.25, 0.3) is 27.9 Å². The molecule has 1 aliphatic rings. The Kier molecular flexibility index (Phi) is 7.43. The molecule has 0 bridgehead atoms. The number of aromatic amines is 1. The van der Waals surface area contributed by atoms with Gasteiger partial charge in [0.15, 0.2) is 12.7 Å². The molecular formula is C24H27F2N6O3S+. The van der Waals surface area contributed by atoms with Gasteiger partial charge in [-0.25, -0.2) is 14.3 Å². The van der Waals surface area contributed by atoms with Crippen molar-refractivity contribution in [3.8, 4) is 22.3 Å². The number of carbonyl (C=O) groups is 2. The maximum Gasteiger partial charge on any atom is 0.374 e. The van der Waals surface area contributed by atoms with E-state index < -0.39 is 11.9 Å². The fourth-order valence-corrected chi connectivity index (χ4v) is 4.75. The Morgan fingerprint density at radius 1 is 1.22 bits per heavy atom. The molecule has 1 amide bonds. The van der Waals surface area contributed by atoms with Gasteiger partial charge in [-0.3, -0.25) is 4.79 Å². The predicted molar refractivity (Wildman–Crippen MR) is 130 cm³/mol. The highest BCUT2D eigenvalue weighted by atomic mass is 32.1. The summed E-state index contributed by atoms with van der Waals surface area (Å²) < 4.78 is 26.2. The summed E-state index contributed by atoms with van der Waals surface area (Å²) in [5, 5.41) is 20.3. The molecule has 12 heteroatoms. The first-order valence-corrected chi connectivity index (χ1v) is 12.4. The van der Waals surface area contributed by atoms with E-state index in [-0.39, 0.29) is 5.91 Å². The third-order valence-electron chi connectivity index (χ3n) is 5.90. The van der Waals surface area contributed by atoms with Crippen LogP contribution in [0.5, 0.6) is 0 Å². The van der Waals surface area contributed by atoms with Crippen molar-refractivity contribution in [3.63, 3.8) is 0 Å². The summed E-state index contributed by atoms with van der Waals surface area (Å²) in [7, 11) is 1.94. The molecule has 0 aromatic carbocycles. The van der Waals surface area contributed by atoms with E-state index in [2.05, 4.69) is 20.5 Å². The highest BCUT2D eigenvalue weighted by Gasteiger charge is 2.31. The molecule has 4 heterocycles. The summed E-state index contributed by atoms with van der Waals surface area (Å²) in [6.07, 6.45) is 15.4. The van der Waals surface area contributed by atoms with Gasteiger partial charge in [-0.2, -0.15) is 19.0 Å². The molecule has 0 saturated heterocycles. The lowest BCUT2D eigenvalue weighted by molar-refractivity contribution is -0.726. The zero-order chi connectivity index (χ0) is 25.9. The van der Waals surface area contributed by atoms with Gasteiger partial charge < -0.3 is 10.4 Å². The maximum atomic E-state index is 12.6. The van der Waals surface area contributed by atoms with E-state index in [1.807, 2.05) is 54.2 Å². The Hall–Kier alpha value is -3.67. The topological polar surface area (TPSA) is 116 Å². The molecule has 4 aromatic rings. The molecule has 1 fully saturated rings. The molecule has 0 unspecified atom stereocenters. The summed E-state index contributed by atoms with van der Waals surface area (Å²) in [6.45, 7) is 0.329. The van der Waals surface area contributed by atoms with Crippen LogP contribution in [0.1, 0.15) is 48.7 Å². The first-order valence-electron chi connectivity index (χ1n) is 11.5. The largest absolute Gasteiger partial charge is 0.477 e. The molecule has 3 N–H and O–H groups in total. The smallest absolute Gasteiger partial charge is 0.374 e. The number of carboxylic acid groups (broad SMARTS) is 1. The van der Waals surface area contributed by atoms with Crippen molar-refractivity contribution in [2.24, 2.45) is 7.05 Å². The minimum absolute atomic E-state index is 0.0280. The van der Waals surface area contributed by atoms with Crippen LogP contribution in [-0.4, -0.2) is 48.6 Å². The molecule has 9 nitrogen and oxygen atoms in total. The van der Waals surface area contributed by atoms with Crippen LogP contribution in [0.3, 0.4) is 0 Å². The number of carboxylic acids is 1. The van der Waals surface area contributed by atoms with Crippen molar-refractivity contribution in [2.45, 2.75) is 51.0 Å². The van der Waals surface area contributed by atoms with Crippen LogP contribution >= 0.6 is 11.3 Å². The van der Waals surface area contributed by atoms with Crippen LogP contribution in [0, 0.1) is 0 Å². The minimum atomic E-state index is -3.58. The zero-order valence-electron chi connectivity index (χ0n) is 19.9.